The Kier molecular flexibility index (Phi) is 9.92. The molecular weight excluding hydrogens is 554 g/mol. The van der Waals surface area contributed by atoms with Crippen LogP contribution >= 0.6 is 27.5 Å². The van der Waals surface area contributed by atoms with Crippen LogP contribution in [-0.4, -0.2) is 18.7 Å². The summed E-state index contributed by atoms with van der Waals surface area (Å²) in [7, 11) is 0. The van der Waals surface area contributed by atoms with Gasteiger partial charge in [-0.2, -0.15) is 25.3 Å². The Morgan fingerprint density at radius 1 is 1.31 bits per heavy atom. The number of hydrogen-bond donors (Lipinski definition) is 1. The minimum atomic E-state index is -4.42. The number of carbonyl (C=O) groups is 1. The standard InChI is InChI=1S/C13H12ClF3NO2.C6H3BrF.Y/c1-8(19)18-12(2-3-12)9-4-10(14)6-11(5-9)20-7-13(15,16)17;7-5-2-1-3-6(8)4-5;/h4-6H,1-3,7H2,(H,18,19);1-3H;/q2*-1;. The quantitative estimate of drug-likeness (QED) is 0.384. The number of benzene rings is 2. The summed E-state index contributed by atoms with van der Waals surface area (Å²) in [5.41, 5.74) is 0.0410. The van der Waals surface area contributed by atoms with Gasteiger partial charge in [-0.05, 0) is 36.6 Å². The second-order valence-corrected chi connectivity index (χ2v) is 7.35. The Hall–Kier alpha value is -0.826. The minimum absolute atomic E-state index is 0. The van der Waals surface area contributed by atoms with Crippen molar-refractivity contribution in [1.82, 2.24) is 5.32 Å². The maximum atomic E-state index is 12.1. The van der Waals surface area contributed by atoms with Crippen molar-refractivity contribution < 1.29 is 59.8 Å². The van der Waals surface area contributed by atoms with Gasteiger partial charge >= 0.3 is 6.18 Å². The van der Waals surface area contributed by atoms with E-state index < -0.39 is 24.2 Å². The Balaban J connectivity index is 0.000000394. The molecule has 1 aliphatic rings. The van der Waals surface area contributed by atoms with Crippen LogP contribution in [0.15, 0.2) is 40.9 Å². The Labute approximate surface area is 204 Å². The summed E-state index contributed by atoms with van der Waals surface area (Å²) in [5, 5.41) is 2.94. The summed E-state index contributed by atoms with van der Waals surface area (Å²) in [6, 6.07) is 11.5. The van der Waals surface area contributed by atoms with E-state index in [1.807, 2.05) is 0 Å². The summed E-state index contributed by atoms with van der Waals surface area (Å²) in [6.45, 7) is 1.85. The molecule has 0 aliphatic heterocycles. The van der Waals surface area contributed by atoms with Crippen LogP contribution in [0.3, 0.4) is 0 Å². The van der Waals surface area contributed by atoms with E-state index in [0.717, 1.165) is 0 Å². The second-order valence-electron chi connectivity index (χ2n) is 6.06. The third-order valence-corrected chi connectivity index (χ3v) is 4.36. The number of ether oxygens (including phenoxy) is 1. The van der Waals surface area contributed by atoms with Gasteiger partial charge in [0.1, 0.15) is 5.75 Å². The zero-order chi connectivity index (χ0) is 20.9. The first-order valence-corrected chi connectivity index (χ1v) is 9.14. The summed E-state index contributed by atoms with van der Waals surface area (Å²) >= 11 is 8.95. The van der Waals surface area contributed by atoms with E-state index in [0.29, 0.717) is 22.9 Å². The summed E-state index contributed by atoms with van der Waals surface area (Å²) in [4.78, 5) is 11.1. The van der Waals surface area contributed by atoms with Gasteiger partial charge in [-0.15, -0.1) is 12.1 Å². The summed E-state index contributed by atoms with van der Waals surface area (Å²) in [6.07, 6.45) is -3.04. The molecule has 2 aromatic carbocycles. The van der Waals surface area contributed by atoms with Gasteiger partial charge in [0.25, 0.3) is 0 Å². The van der Waals surface area contributed by atoms with Crippen LogP contribution in [0.5, 0.6) is 5.75 Å². The van der Waals surface area contributed by atoms with Crippen molar-refractivity contribution in [2.24, 2.45) is 0 Å². The molecule has 0 unspecified atom stereocenters. The Morgan fingerprint density at radius 2 is 1.97 bits per heavy atom. The van der Waals surface area contributed by atoms with Crippen molar-refractivity contribution >= 4 is 33.4 Å². The molecule has 0 bridgehead atoms. The van der Waals surface area contributed by atoms with E-state index in [1.165, 1.54) is 18.2 Å². The third-order valence-electron chi connectivity index (χ3n) is 3.68. The number of halogens is 6. The second kappa shape index (κ2) is 11.0. The monoisotopic (exact) mass is 568 g/mol. The van der Waals surface area contributed by atoms with Gasteiger partial charge in [0.2, 0.25) is 0 Å². The van der Waals surface area contributed by atoms with Crippen molar-refractivity contribution in [3.05, 3.63) is 70.3 Å². The largest absolute Gasteiger partial charge is 0.484 e. The molecule has 1 aliphatic carbocycles. The molecule has 1 fully saturated rings. The molecule has 0 heterocycles. The van der Waals surface area contributed by atoms with Crippen molar-refractivity contribution in [3.8, 4) is 5.75 Å². The number of amides is 1. The molecule has 1 saturated carbocycles. The Morgan fingerprint density at radius 3 is 2.41 bits per heavy atom. The molecule has 0 atom stereocenters. The van der Waals surface area contributed by atoms with Crippen LogP contribution in [0.4, 0.5) is 17.6 Å². The average Bonchev–Trinajstić information content (AvgIpc) is 3.32. The van der Waals surface area contributed by atoms with Crippen molar-refractivity contribution in [3.63, 3.8) is 0 Å². The number of carbonyl (C=O) groups excluding carboxylic acids is 1. The predicted octanol–water partition coefficient (Wildman–Crippen LogP) is 5.61. The molecule has 10 heteroatoms. The molecule has 1 amide bonds. The van der Waals surface area contributed by atoms with Crippen LogP contribution in [-0.2, 0) is 43.0 Å². The molecule has 0 aromatic heterocycles. The summed E-state index contributed by atoms with van der Waals surface area (Å²) in [5.74, 6) is -0.756. The fourth-order valence-electron chi connectivity index (χ4n) is 2.38. The molecule has 1 N–H and O–H groups in total. The van der Waals surface area contributed by atoms with Crippen LogP contribution in [0, 0.1) is 18.8 Å². The van der Waals surface area contributed by atoms with Crippen LogP contribution in [0.2, 0.25) is 5.02 Å². The van der Waals surface area contributed by atoms with E-state index >= 15 is 0 Å². The van der Waals surface area contributed by atoms with E-state index in [9.17, 15) is 22.4 Å². The smallest absolute Gasteiger partial charge is 0.422 e. The topological polar surface area (TPSA) is 38.3 Å². The SMILES string of the molecule is Fc1[c-]c(Br)ccc1.[CH2-]C(=O)NC1(c2cc(Cl)cc(OCC(F)(F)F)c2)CC1.[Y]. The maximum absolute atomic E-state index is 12.1. The van der Waals surface area contributed by atoms with Crippen molar-refractivity contribution in [2.75, 3.05) is 6.61 Å². The molecule has 0 spiro atoms. The maximum Gasteiger partial charge on any atom is 0.422 e. The first kappa shape index (κ1) is 26.2. The first-order chi connectivity index (χ1) is 13.0. The number of rotatable bonds is 4. The fraction of sp³-hybridized carbons (Fsp3) is 0.263. The molecule has 2 aromatic rings. The minimum Gasteiger partial charge on any atom is -0.484 e. The van der Waals surface area contributed by atoms with Crippen LogP contribution in [0.25, 0.3) is 0 Å². The van der Waals surface area contributed by atoms with Gasteiger partial charge in [0.05, 0.1) is 11.4 Å². The molecule has 1 radical (unpaired) electrons. The zero-order valence-corrected chi connectivity index (χ0v) is 20.1. The third kappa shape index (κ3) is 9.24. The molecule has 3 rings (SSSR count). The Bertz CT molecular complexity index is 830. The zero-order valence-electron chi connectivity index (χ0n) is 15.0. The van der Waals surface area contributed by atoms with Gasteiger partial charge < -0.3 is 21.8 Å². The molecule has 155 valence electrons. The predicted molar refractivity (Wildman–Crippen MR) is 100 cm³/mol. The summed E-state index contributed by atoms with van der Waals surface area (Å²) < 4.78 is 53.8. The van der Waals surface area contributed by atoms with Gasteiger partial charge in [-0.3, -0.25) is 0 Å². The van der Waals surface area contributed by atoms with E-state index in [4.69, 9.17) is 11.6 Å². The van der Waals surface area contributed by atoms with E-state index in [1.54, 1.807) is 18.2 Å². The number of hydrogen-bond acceptors (Lipinski definition) is 2. The average molecular weight is 570 g/mol. The van der Waals surface area contributed by atoms with Crippen LogP contribution in [0.1, 0.15) is 18.4 Å². The van der Waals surface area contributed by atoms with E-state index in [-0.39, 0.29) is 49.3 Å². The number of alkyl halides is 3. The van der Waals surface area contributed by atoms with Crippen molar-refractivity contribution in [2.45, 2.75) is 24.6 Å². The van der Waals surface area contributed by atoms with Crippen molar-refractivity contribution in [1.29, 1.82) is 0 Å². The normalized spacial score (nSPS) is 14.0. The first-order valence-electron chi connectivity index (χ1n) is 7.97. The van der Waals surface area contributed by atoms with Gasteiger partial charge in [0, 0.05) is 43.5 Å². The van der Waals surface area contributed by atoms with Crippen LogP contribution < -0.4 is 10.1 Å². The molecular formula is C19H15BrClF4NO2Y-2. The number of nitrogens with one attached hydrogen (secondary N) is 1. The molecule has 0 saturated heterocycles. The fourth-order valence-corrected chi connectivity index (χ4v) is 2.95. The van der Waals surface area contributed by atoms with Gasteiger partial charge in [-0.1, -0.05) is 32.0 Å². The van der Waals surface area contributed by atoms with E-state index in [2.05, 4.69) is 39.0 Å². The van der Waals surface area contributed by atoms with Gasteiger partial charge in [-0.25, -0.2) is 4.39 Å². The van der Waals surface area contributed by atoms with Gasteiger partial charge in [0.15, 0.2) is 6.61 Å². The molecule has 29 heavy (non-hydrogen) atoms. The molecule has 3 nitrogen and oxygen atoms in total.